The molecular weight excluding hydrogens is 112 g/mol. The van der Waals surface area contributed by atoms with E-state index in [1.807, 2.05) is 6.07 Å². The van der Waals surface area contributed by atoms with E-state index in [4.69, 9.17) is 11.0 Å². The third-order valence-corrected chi connectivity index (χ3v) is 0.940. The Morgan fingerprint density at radius 1 is 1.56 bits per heavy atom. The number of anilines is 1. The first-order chi connectivity index (χ1) is 4.33. The fourth-order valence-electron chi connectivity index (χ4n) is 0.555. The summed E-state index contributed by atoms with van der Waals surface area (Å²) >= 11 is 0. The van der Waals surface area contributed by atoms with Crippen LogP contribution in [0.1, 0.15) is 5.56 Å². The summed E-state index contributed by atoms with van der Waals surface area (Å²) in [7, 11) is 0. The third-order valence-electron chi connectivity index (χ3n) is 0.940. The molecule has 2 heteroatoms. The molecule has 0 saturated heterocycles. The zero-order valence-corrected chi connectivity index (χ0v) is 4.76. The maximum absolute atomic E-state index is 8.34. The monoisotopic (exact) mass is 117 g/mol. The number of nitrogens with zero attached hydrogens (tertiary/aromatic N) is 1. The van der Waals surface area contributed by atoms with Crippen molar-refractivity contribution in [3.05, 3.63) is 29.8 Å². The average Bonchev–Trinajstić information content (AvgIpc) is 1.88. The Balaban J connectivity index is 3.12. The summed E-state index contributed by atoms with van der Waals surface area (Å²) in [6, 6.07) is 9.52. The molecule has 43 valence electrons. The first kappa shape index (κ1) is 5.64. The van der Waals surface area contributed by atoms with E-state index in [1.165, 1.54) is 0 Å². The maximum atomic E-state index is 8.34. The number of benzene rings is 1. The van der Waals surface area contributed by atoms with Crippen molar-refractivity contribution in [3.8, 4) is 6.07 Å². The summed E-state index contributed by atoms with van der Waals surface area (Å²) in [6.45, 7) is 0. The molecule has 1 aromatic rings. The number of nitriles is 1. The average molecular weight is 117 g/mol. The van der Waals surface area contributed by atoms with Gasteiger partial charge in [-0.3, -0.25) is 0 Å². The molecule has 0 spiro atoms. The van der Waals surface area contributed by atoms with E-state index in [2.05, 4.69) is 6.07 Å². The number of nitrogen functional groups attached to an aromatic ring is 1. The SMILES string of the molecule is N#Cc1c[c]cc(N)c1. The zero-order valence-electron chi connectivity index (χ0n) is 4.76. The normalized spacial score (nSPS) is 8.33. The highest BCUT2D eigenvalue weighted by Gasteiger charge is 1.87. The number of hydrogen-bond acceptors (Lipinski definition) is 2. The van der Waals surface area contributed by atoms with Crippen LogP contribution in [0.3, 0.4) is 0 Å². The highest BCUT2D eigenvalue weighted by atomic mass is 14.5. The molecule has 0 heterocycles. The minimum Gasteiger partial charge on any atom is -0.399 e. The molecular formula is C7H5N2. The van der Waals surface area contributed by atoms with E-state index < -0.39 is 0 Å². The molecule has 0 unspecified atom stereocenters. The van der Waals surface area contributed by atoms with Crippen molar-refractivity contribution in [2.45, 2.75) is 0 Å². The zero-order chi connectivity index (χ0) is 6.69. The van der Waals surface area contributed by atoms with Crippen LogP contribution in [-0.2, 0) is 0 Å². The Morgan fingerprint density at radius 3 is 2.78 bits per heavy atom. The lowest BCUT2D eigenvalue weighted by Crippen LogP contribution is -1.83. The molecule has 9 heavy (non-hydrogen) atoms. The van der Waals surface area contributed by atoms with Crippen LogP contribution in [0.2, 0.25) is 0 Å². The van der Waals surface area contributed by atoms with Crippen molar-refractivity contribution in [3.63, 3.8) is 0 Å². The van der Waals surface area contributed by atoms with Gasteiger partial charge in [0.2, 0.25) is 0 Å². The Hall–Kier alpha value is -1.49. The lowest BCUT2D eigenvalue weighted by Gasteiger charge is -1.88. The van der Waals surface area contributed by atoms with Crippen LogP contribution in [0.5, 0.6) is 0 Å². The van der Waals surface area contributed by atoms with Crippen molar-refractivity contribution < 1.29 is 0 Å². The van der Waals surface area contributed by atoms with Gasteiger partial charge >= 0.3 is 0 Å². The van der Waals surface area contributed by atoms with Crippen molar-refractivity contribution >= 4 is 5.69 Å². The van der Waals surface area contributed by atoms with Crippen LogP contribution >= 0.6 is 0 Å². The van der Waals surface area contributed by atoms with E-state index in [0.717, 1.165) is 0 Å². The maximum Gasteiger partial charge on any atom is 0.0992 e. The molecule has 2 nitrogen and oxygen atoms in total. The summed E-state index contributed by atoms with van der Waals surface area (Å²) in [4.78, 5) is 0. The van der Waals surface area contributed by atoms with Gasteiger partial charge in [0.25, 0.3) is 0 Å². The predicted molar refractivity (Wildman–Crippen MR) is 34.4 cm³/mol. The van der Waals surface area contributed by atoms with Gasteiger partial charge in [0, 0.05) is 5.69 Å². The minimum atomic E-state index is 0.551. The van der Waals surface area contributed by atoms with E-state index >= 15 is 0 Å². The van der Waals surface area contributed by atoms with Crippen LogP contribution in [0.4, 0.5) is 5.69 Å². The molecule has 0 saturated carbocycles. The van der Waals surface area contributed by atoms with Crippen LogP contribution in [0, 0.1) is 17.4 Å². The smallest absolute Gasteiger partial charge is 0.0992 e. The summed E-state index contributed by atoms with van der Waals surface area (Å²) in [5.41, 5.74) is 6.48. The molecule has 2 N–H and O–H groups in total. The highest BCUT2D eigenvalue weighted by molar-refractivity contribution is 5.44. The molecule has 0 amide bonds. The second-order valence-electron chi connectivity index (χ2n) is 1.67. The molecule has 0 aliphatic heterocycles. The fourth-order valence-corrected chi connectivity index (χ4v) is 0.555. The third kappa shape index (κ3) is 1.20. The molecule has 0 bridgehead atoms. The van der Waals surface area contributed by atoms with Crippen LogP contribution in [-0.4, -0.2) is 0 Å². The first-order valence-electron chi connectivity index (χ1n) is 2.49. The summed E-state index contributed by atoms with van der Waals surface area (Å²) < 4.78 is 0. The first-order valence-corrected chi connectivity index (χ1v) is 2.49. The lowest BCUT2D eigenvalue weighted by atomic mass is 10.2. The molecule has 1 aromatic carbocycles. The Morgan fingerprint density at radius 2 is 2.33 bits per heavy atom. The predicted octanol–water partition coefficient (Wildman–Crippen LogP) is 0.941. The second kappa shape index (κ2) is 2.19. The van der Waals surface area contributed by atoms with Gasteiger partial charge in [-0.15, -0.1) is 0 Å². The van der Waals surface area contributed by atoms with E-state index in [1.54, 1.807) is 18.2 Å². The largest absolute Gasteiger partial charge is 0.399 e. The van der Waals surface area contributed by atoms with Gasteiger partial charge in [-0.1, -0.05) is 0 Å². The minimum absolute atomic E-state index is 0.551. The lowest BCUT2D eigenvalue weighted by molar-refractivity contribution is 1.48. The van der Waals surface area contributed by atoms with Gasteiger partial charge in [0.05, 0.1) is 11.6 Å². The van der Waals surface area contributed by atoms with Gasteiger partial charge in [0.1, 0.15) is 0 Å². The summed E-state index contributed by atoms with van der Waals surface area (Å²) in [5.74, 6) is 0. The van der Waals surface area contributed by atoms with Crippen molar-refractivity contribution in [2.24, 2.45) is 0 Å². The number of nitrogens with two attached hydrogens (primary N) is 1. The number of hydrogen-bond donors (Lipinski definition) is 1. The highest BCUT2D eigenvalue weighted by Crippen LogP contribution is 2.02. The quantitative estimate of drug-likeness (QED) is 0.514. The fraction of sp³-hybridized carbons (Fsp3) is 0. The topological polar surface area (TPSA) is 49.8 Å². The van der Waals surface area contributed by atoms with E-state index in [-0.39, 0.29) is 0 Å². The van der Waals surface area contributed by atoms with Gasteiger partial charge in [-0.25, -0.2) is 0 Å². The number of rotatable bonds is 0. The van der Waals surface area contributed by atoms with Gasteiger partial charge < -0.3 is 5.73 Å². The molecule has 1 radical (unpaired) electrons. The van der Waals surface area contributed by atoms with E-state index in [9.17, 15) is 0 Å². The Bertz CT molecular complexity index is 247. The van der Waals surface area contributed by atoms with Crippen LogP contribution in [0.15, 0.2) is 18.2 Å². The molecule has 0 aliphatic carbocycles. The van der Waals surface area contributed by atoms with Gasteiger partial charge in [-0.05, 0) is 24.3 Å². The summed E-state index contributed by atoms with van der Waals surface area (Å²) in [6.07, 6.45) is 0. The van der Waals surface area contributed by atoms with Gasteiger partial charge in [0.15, 0.2) is 0 Å². The van der Waals surface area contributed by atoms with Crippen molar-refractivity contribution in [1.29, 1.82) is 5.26 Å². The van der Waals surface area contributed by atoms with Crippen molar-refractivity contribution in [2.75, 3.05) is 5.73 Å². The Kier molecular flexibility index (Phi) is 1.37. The standard InChI is InChI=1S/C7H5N2/c8-5-6-2-1-3-7(9)4-6/h2-4H,9H2. The molecule has 0 fully saturated rings. The van der Waals surface area contributed by atoms with Crippen LogP contribution in [0.25, 0.3) is 0 Å². The second-order valence-corrected chi connectivity index (χ2v) is 1.67. The van der Waals surface area contributed by atoms with Gasteiger partial charge in [-0.2, -0.15) is 5.26 Å². The molecule has 1 rings (SSSR count). The molecule has 0 aliphatic rings. The summed E-state index contributed by atoms with van der Waals surface area (Å²) in [5, 5.41) is 8.34. The van der Waals surface area contributed by atoms with Crippen LogP contribution < -0.4 is 5.73 Å². The van der Waals surface area contributed by atoms with Crippen molar-refractivity contribution in [1.82, 2.24) is 0 Å². The van der Waals surface area contributed by atoms with E-state index in [0.29, 0.717) is 11.3 Å². The molecule has 0 aromatic heterocycles. The molecule has 0 atom stereocenters. The Labute approximate surface area is 53.5 Å².